The molecule has 5 N–H and O–H groups in total. The number of likely N-dealkylation sites (N-methyl/N-ethyl adjacent to an activating group) is 2. The molecule has 3 aliphatic heterocycles. The second-order valence-electron chi connectivity index (χ2n) is 27.0. The fourth-order valence-electron chi connectivity index (χ4n) is 14.1. The van der Waals surface area contributed by atoms with Crippen LogP contribution in [0.1, 0.15) is 101 Å². The van der Waals surface area contributed by atoms with Gasteiger partial charge >= 0.3 is 67.6 Å². The second kappa shape index (κ2) is 42.5. The zero-order chi connectivity index (χ0) is 81.3. The van der Waals surface area contributed by atoms with Crippen molar-refractivity contribution in [3.63, 3.8) is 0 Å². The predicted octanol–water partition coefficient (Wildman–Crippen LogP) is 5.68. The summed E-state index contributed by atoms with van der Waals surface area (Å²) in [6.45, 7) is 17.1. The standard InChI is InChI=1S/C26H30N8O2.C25H28N8O2.C20H17BrN6O2.C6H14N2.CH4.I3.I2/c1-5-6-14-33-22-23(30-25(33)32-13-9-10-18(15-32)27-3)31(4)26(36)34(24(22)35)16-21-28-17(2)19-11-7-8-12-20(19)29-21;1-4-5-13-32-21-22(29-24(32)31-12-8-9-17(26)14-31)30(3)25(35)33(23(21)34)15-20-27-16(2)18-10-6-7-11-19(18)28-20;1-4-5-10-26-16-17(24-19(26)21)25(3)20(29)27(18(16)28)11-15-22-12(2)13-8-6-7-9-14(13)23-15;1-7-6-3-2-4-8-5-6;;1-3-2;1-2/h7-8,11-12,18,27H,9-10,13-16H2,1-4H3;6-7,10-11,17H,8-9,12-15,26H2,1-3H3;6-9H,10-11H2,1-3H3;6-8H,2-5H2,1H3;1H4;;/q;;;;;-1;/t18-;17-;;6-;;;/m11.1.../s1. The van der Waals surface area contributed by atoms with E-state index in [0.29, 0.717) is 100.0 Å². The number of imidazole rings is 3. The van der Waals surface area contributed by atoms with Crippen molar-refractivity contribution in [1.82, 2.24) is 102 Å². The van der Waals surface area contributed by atoms with Gasteiger partial charge in [0.2, 0.25) is 11.9 Å². The Bertz CT molecular complexity index is 6070. The Morgan fingerprint density at radius 3 is 1.21 bits per heavy atom. The Kier molecular flexibility index (Phi) is 33.7. The summed E-state index contributed by atoms with van der Waals surface area (Å²) in [5.41, 5.74) is 10.2. The van der Waals surface area contributed by atoms with Crippen LogP contribution in [0.3, 0.4) is 0 Å². The fourth-order valence-corrected chi connectivity index (χ4v) is 14.6. The topological polar surface area (TPSA) is 331 Å². The zero-order valence-corrected chi connectivity index (χ0v) is 77.0. The van der Waals surface area contributed by atoms with Crippen molar-refractivity contribution >= 4 is 168 Å². The Labute approximate surface area is 721 Å². The monoisotopic (exact) mass is 2180 g/mol. The van der Waals surface area contributed by atoms with Crippen LogP contribution < -0.4 is 78.5 Å². The summed E-state index contributed by atoms with van der Waals surface area (Å²) >= 11 is 12.9. The molecule has 0 saturated carbocycles. The normalized spacial score (nSPS) is 15.1. The van der Waals surface area contributed by atoms with E-state index in [1.54, 1.807) is 51.0 Å². The molecule has 3 fully saturated rings. The number of para-hydroxylation sites is 3. The molecule has 3 saturated heterocycles. The number of hydrogen-bond acceptors (Lipinski definition) is 21. The summed E-state index contributed by atoms with van der Waals surface area (Å²) in [6.07, 6.45) is 6.64. The Balaban J connectivity index is 0.000000181. The molecule has 0 bridgehead atoms. The minimum absolute atomic E-state index is 0. The van der Waals surface area contributed by atoms with Crippen molar-refractivity contribution < 1.29 is 13.3 Å². The van der Waals surface area contributed by atoms with Crippen LogP contribution in [-0.2, 0) is 60.4 Å². The molecule has 604 valence electrons. The molecule has 0 amide bonds. The van der Waals surface area contributed by atoms with E-state index in [0.717, 1.165) is 112 Å². The number of nitrogens with one attached hydrogen (secondary N) is 3. The molecule has 0 spiro atoms. The first-order valence-electron chi connectivity index (χ1n) is 36.5. The summed E-state index contributed by atoms with van der Waals surface area (Å²) in [7, 11) is 8.84. The number of benzene rings is 3. The van der Waals surface area contributed by atoms with Crippen LogP contribution >= 0.6 is 90.4 Å². The van der Waals surface area contributed by atoms with Gasteiger partial charge in [0.1, 0.15) is 17.5 Å². The third-order valence-electron chi connectivity index (χ3n) is 19.8. The molecule has 36 heteroatoms. The quantitative estimate of drug-likeness (QED) is 0.0613. The van der Waals surface area contributed by atoms with Crippen LogP contribution in [0.2, 0.25) is 0 Å². The Morgan fingerprint density at radius 1 is 0.500 bits per heavy atom. The van der Waals surface area contributed by atoms with E-state index < -0.39 is 33.7 Å². The van der Waals surface area contributed by atoms with E-state index in [1.165, 1.54) is 42.2 Å². The van der Waals surface area contributed by atoms with E-state index in [1.807, 2.05) is 112 Å². The van der Waals surface area contributed by atoms with Gasteiger partial charge in [-0.15, -0.1) is 17.8 Å². The van der Waals surface area contributed by atoms with Gasteiger partial charge in [0.05, 0.1) is 55.8 Å². The SMILES string of the molecule is C.CC#CCn1c(Br)nc2c1c(=O)n(Cc1nc(C)c3ccccc3n1)c(=O)n2C.CC#CCn1c(N2CCC[C@@H](N)C2)nc2c1c(=O)n(Cc1nc(C)c3ccccc3n1)c(=O)n2C.CC#CCn1c(N2CCC[C@@H](NC)C2)nc2c1c(=O)n(Cc1nc(C)c3ccccc3n1)c(=O)n2C.CN[C@@H]1CCCNC1.II.I[I-]I. The van der Waals surface area contributed by atoms with Crippen LogP contribution in [0.5, 0.6) is 0 Å². The first kappa shape index (κ1) is 90.3. The van der Waals surface area contributed by atoms with Crippen molar-refractivity contribution in [3.8, 4) is 35.5 Å². The van der Waals surface area contributed by atoms with Gasteiger partial charge in [0.15, 0.2) is 38.2 Å². The van der Waals surface area contributed by atoms with E-state index >= 15 is 0 Å². The predicted molar refractivity (Wildman–Crippen MR) is 487 cm³/mol. The van der Waals surface area contributed by atoms with E-state index in [-0.39, 0.29) is 46.2 Å². The van der Waals surface area contributed by atoms with Crippen LogP contribution in [0, 0.1) is 56.3 Å². The fraction of sp³-hybridized carbons (Fsp3) is 0.423. The number of halogens is 6. The number of aryl methyl sites for hydroxylation is 6. The molecule has 3 aromatic carbocycles. The summed E-state index contributed by atoms with van der Waals surface area (Å²) in [4.78, 5) is 126. The third-order valence-corrected chi connectivity index (χ3v) is 20.4. The molecule has 114 heavy (non-hydrogen) atoms. The van der Waals surface area contributed by atoms with Gasteiger partial charge in [-0.2, -0.15) is 9.97 Å². The molecule has 0 unspecified atom stereocenters. The molecule has 3 aliphatic rings. The molecule has 15 rings (SSSR count). The minimum atomic E-state index is -0.476. The number of aromatic nitrogens is 18. The second-order valence-corrected chi connectivity index (χ2v) is 43.9. The summed E-state index contributed by atoms with van der Waals surface area (Å²) in [5, 5.41) is 12.7. The van der Waals surface area contributed by atoms with Gasteiger partial charge < -0.3 is 36.1 Å². The van der Waals surface area contributed by atoms with E-state index in [9.17, 15) is 28.8 Å². The summed E-state index contributed by atoms with van der Waals surface area (Å²) in [5.74, 6) is 20.2. The van der Waals surface area contributed by atoms with Gasteiger partial charge in [-0.1, -0.05) is 79.8 Å². The van der Waals surface area contributed by atoms with Crippen molar-refractivity contribution in [1.29, 1.82) is 0 Å². The van der Waals surface area contributed by atoms with Gasteiger partial charge in [-0.05, 0) is 135 Å². The first-order valence-corrected chi connectivity index (χ1v) is 56.2. The van der Waals surface area contributed by atoms with E-state index in [4.69, 9.17) is 15.7 Å². The number of hydrogen-bond donors (Lipinski definition) is 4. The van der Waals surface area contributed by atoms with Gasteiger partial charge in [-0.25, -0.2) is 49.3 Å². The number of fused-ring (bicyclic) bond motifs is 6. The van der Waals surface area contributed by atoms with E-state index in [2.05, 4.69) is 187 Å². The van der Waals surface area contributed by atoms with Crippen LogP contribution in [0.15, 0.2) is 106 Å². The first-order chi connectivity index (χ1) is 54.6. The number of rotatable bonds is 13. The number of piperidine rings is 3. The molecule has 0 radical (unpaired) electrons. The average Bonchev–Trinajstić information content (AvgIpc) is 1.59. The average molecular weight is 2180 g/mol. The Hall–Kier alpha value is -7.62. The molecular formula is C78H93BrI5N24O6-. The molecule has 0 aliphatic carbocycles. The number of nitrogens with zero attached hydrogens (tertiary/aromatic N) is 20. The third kappa shape index (κ3) is 20.5. The summed E-state index contributed by atoms with van der Waals surface area (Å²) in [6, 6.07) is 24.1. The van der Waals surface area contributed by atoms with Crippen molar-refractivity contribution in [2.24, 2.45) is 26.9 Å². The molecule has 3 atom stereocenters. The number of anilines is 2. The van der Waals surface area contributed by atoms with Gasteiger partial charge in [0.25, 0.3) is 16.7 Å². The number of nitrogens with two attached hydrogens (primary N) is 1. The molecule has 30 nitrogen and oxygen atoms in total. The van der Waals surface area contributed by atoms with Crippen LogP contribution in [0.25, 0.3) is 66.2 Å². The van der Waals surface area contributed by atoms with Crippen molar-refractivity contribution in [2.75, 3.05) is 63.2 Å². The molecule has 9 aromatic heterocycles. The molecule has 12 aromatic rings. The summed E-state index contributed by atoms with van der Waals surface area (Å²) < 4.78 is 13.4. The molecule has 12 heterocycles. The zero-order valence-electron chi connectivity index (χ0n) is 64.6. The van der Waals surface area contributed by atoms with Crippen LogP contribution in [0.4, 0.5) is 11.9 Å². The molecular weight excluding hydrogens is 2080 g/mol. The van der Waals surface area contributed by atoms with Gasteiger partial charge in [0, 0.05) is 142 Å². The van der Waals surface area contributed by atoms with Crippen LogP contribution in [-0.4, -0.2) is 157 Å². The maximum absolute atomic E-state index is 13.8. The maximum atomic E-state index is 13.8. The van der Waals surface area contributed by atoms with Gasteiger partial charge in [-0.3, -0.25) is 50.9 Å². The van der Waals surface area contributed by atoms with Crippen molar-refractivity contribution in [2.45, 2.75) is 145 Å². The van der Waals surface area contributed by atoms with Crippen molar-refractivity contribution in [3.05, 3.63) is 175 Å². The Morgan fingerprint density at radius 2 is 0.851 bits per heavy atom.